The number of carbonyl (C=O) groups excluding carboxylic acids is 2. The molecule has 1 aromatic heterocycles. The Labute approximate surface area is 97.1 Å². The Hall–Kier alpha value is -1.96. The molecule has 1 saturated heterocycles. The number of hydrogen-bond donors (Lipinski definition) is 3. The van der Waals surface area contributed by atoms with Gasteiger partial charge in [0.25, 0.3) is 0 Å². The number of hydrogen-bond acceptors (Lipinski definition) is 5. The van der Waals surface area contributed by atoms with E-state index in [1.54, 1.807) is 0 Å². The van der Waals surface area contributed by atoms with E-state index in [2.05, 4.69) is 25.8 Å². The second kappa shape index (κ2) is 5.39. The van der Waals surface area contributed by atoms with E-state index < -0.39 is 11.8 Å². The van der Waals surface area contributed by atoms with Crippen molar-refractivity contribution < 1.29 is 14.3 Å². The maximum atomic E-state index is 11.4. The molecule has 2 heterocycles. The lowest BCUT2D eigenvalue weighted by atomic mass is 10.2. The molecule has 1 aromatic rings. The Balaban J connectivity index is 1.73. The minimum absolute atomic E-state index is 0.0111. The SMILES string of the molecule is O=C(NCC1CCCO1)C(=O)Nc1ncn[nH]1. The predicted molar refractivity (Wildman–Crippen MR) is 57.0 cm³/mol. The van der Waals surface area contributed by atoms with Crippen LogP contribution in [0.5, 0.6) is 0 Å². The number of aromatic amines is 1. The summed E-state index contributed by atoms with van der Waals surface area (Å²) in [5.41, 5.74) is 0. The second-order valence-electron chi connectivity index (χ2n) is 3.63. The highest BCUT2D eigenvalue weighted by Gasteiger charge is 2.19. The first kappa shape index (κ1) is 11.5. The van der Waals surface area contributed by atoms with Crippen LogP contribution < -0.4 is 10.6 Å². The van der Waals surface area contributed by atoms with Crippen molar-refractivity contribution in [3.05, 3.63) is 6.33 Å². The first-order valence-corrected chi connectivity index (χ1v) is 5.32. The highest BCUT2D eigenvalue weighted by molar-refractivity contribution is 6.39. The van der Waals surface area contributed by atoms with Crippen molar-refractivity contribution in [3.63, 3.8) is 0 Å². The zero-order chi connectivity index (χ0) is 12.1. The van der Waals surface area contributed by atoms with Gasteiger partial charge < -0.3 is 10.1 Å². The van der Waals surface area contributed by atoms with Crippen molar-refractivity contribution >= 4 is 17.8 Å². The van der Waals surface area contributed by atoms with Gasteiger partial charge in [0.15, 0.2) is 0 Å². The highest BCUT2D eigenvalue weighted by atomic mass is 16.5. The molecule has 0 saturated carbocycles. The van der Waals surface area contributed by atoms with Crippen LogP contribution in [0.2, 0.25) is 0 Å². The van der Waals surface area contributed by atoms with Gasteiger partial charge in [0.2, 0.25) is 5.95 Å². The fraction of sp³-hybridized carbons (Fsp3) is 0.556. The zero-order valence-corrected chi connectivity index (χ0v) is 9.10. The van der Waals surface area contributed by atoms with E-state index in [-0.39, 0.29) is 12.1 Å². The lowest BCUT2D eigenvalue weighted by molar-refractivity contribution is -0.136. The third-order valence-corrected chi connectivity index (χ3v) is 2.37. The Morgan fingerprint density at radius 3 is 3.06 bits per heavy atom. The van der Waals surface area contributed by atoms with Gasteiger partial charge in [0.05, 0.1) is 6.10 Å². The average molecular weight is 239 g/mol. The Kier molecular flexibility index (Phi) is 3.66. The number of ether oxygens (including phenoxy) is 1. The molecule has 1 fully saturated rings. The first-order valence-electron chi connectivity index (χ1n) is 5.32. The third-order valence-electron chi connectivity index (χ3n) is 2.37. The standard InChI is InChI=1S/C9H13N5O3/c15-7(10-4-6-2-1-3-17-6)8(16)13-9-11-5-12-14-9/h5-6H,1-4H2,(H,10,15)(H2,11,12,13,14,16). The van der Waals surface area contributed by atoms with Crippen molar-refractivity contribution in [1.29, 1.82) is 0 Å². The van der Waals surface area contributed by atoms with Crippen molar-refractivity contribution in [2.45, 2.75) is 18.9 Å². The Bertz CT molecular complexity index is 385. The van der Waals surface area contributed by atoms with E-state index in [9.17, 15) is 9.59 Å². The van der Waals surface area contributed by atoms with Gasteiger partial charge in [-0.1, -0.05) is 0 Å². The maximum Gasteiger partial charge on any atom is 0.316 e. The fourth-order valence-electron chi connectivity index (χ4n) is 1.52. The lowest BCUT2D eigenvalue weighted by Crippen LogP contribution is -2.39. The molecule has 2 rings (SSSR count). The van der Waals surface area contributed by atoms with Gasteiger partial charge in [0.1, 0.15) is 6.33 Å². The molecule has 1 aliphatic rings. The first-order chi connectivity index (χ1) is 8.25. The summed E-state index contributed by atoms with van der Waals surface area (Å²) in [7, 11) is 0. The summed E-state index contributed by atoms with van der Waals surface area (Å²) < 4.78 is 5.31. The summed E-state index contributed by atoms with van der Waals surface area (Å²) in [6.45, 7) is 1.06. The molecule has 1 unspecified atom stereocenters. The van der Waals surface area contributed by atoms with Gasteiger partial charge in [-0.3, -0.25) is 14.9 Å². The smallest absolute Gasteiger partial charge is 0.316 e. The highest BCUT2D eigenvalue weighted by Crippen LogP contribution is 2.10. The summed E-state index contributed by atoms with van der Waals surface area (Å²) in [5, 5.41) is 10.7. The van der Waals surface area contributed by atoms with Crippen molar-refractivity contribution in [1.82, 2.24) is 20.5 Å². The van der Waals surface area contributed by atoms with E-state index in [0.29, 0.717) is 13.2 Å². The molecule has 0 aromatic carbocycles. The number of anilines is 1. The van der Waals surface area contributed by atoms with Crippen LogP contribution >= 0.6 is 0 Å². The number of nitrogens with zero attached hydrogens (tertiary/aromatic N) is 2. The Morgan fingerprint density at radius 1 is 1.53 bits per heavy atom. The van der Waals surface area contributed by atoms with Gasteiger partial charge in [-0.05, 0) is 12.8 Å². The summed E-state index contributed by atoms with van der Waals surface area (Å²) in [5.74, 6) is -1.35. The number of aromatic nitrogens is 3. The zero-order valence-electron chi connectivity index (χ0n) is 9.10. The maximum absolute atomic E-state index is 11.4. The normalized spacial score (nSPS) is 18.9. The monoisotopic (exact) mass is 239 g/mol. The van der Waals surface area contributed by atoms with E-state index in [1.165, 1.54) is 6.33 Å². The van der Waals surface area contributed by atoms with Gasteiger partial charge in [-0.15, -0.1) is 0 Å². The van der Waals surface area contributed by atoms with Crippen LogP contribution in [0.1, 0.15) is 12.8 Å². The Morgan fingerprint density at radius 2 is 2.41 bits per heavy atom. The molecule has 3 N–H and O–H groups in total. The molecular formula is C9H13N5O3. The van der Waals surface area contributed by atoms with E-state index in [4.69, 9.17) is 4.74 Å². The molecule has 1 aliphatic heterocycles. The predicted octanol–water partition coefficient (Wildman–Crippen LogP) is -0.962. The van der Waals surface area contributed by atoms with Gasteiger partial charge in [-0.2, -0.15) is 10.1 Å². The minimum Gasteiger partial charge on any atom is -0.376 e. The number of H-pyrrole nitrogens is 1. The van der Waals surface area contributed by atoms with Crippen molar-refractivity contribution in [3.8, 4) is 0 Å². The largest absolute Gasteiger partial charge is 0.376 e. The van der Waals surface area contributed by atoms with Crippen LogP contribution in [0.15, 0.2) is 6.33 Å². The molecule has 8 nitrogen and oxygen atoms in total. The molecule has 1 atom stereocenters. The quantitative estimate of drug-likeness (QED) is 0.588. The fourth-order valence-corrected chi connectivity index (χ4v) is 1.52. The van der Waals surface area contributed by atoms with Crippen LogP contribution in [0, 0.1) is 0 Å². The van der Waals surface area contributed by atoms with Crippen molar-refractivity contribution in [2.24, 2.45) is 0 Å². The van der Waals surface area contributed by atoms with E-state index in [1.807, 2.05) is 0 Å². The molecule has 8 heteroatoms. The van der Waals surface area contributed by atoms with Gasteiger partial charge in [0, 0.05) is 13.2 Å². The molecule has 0 spiro atoms. The molecule has 0 aliphatic carbocycles. The summed E-state index contributed by atoms with van der Waals surface area (Å²) >= 11 is 0. The van der Waals surface area contributed by atoms with Crippen LogP contribution in [0.3, 0.4) is 0 Å². The third kappa shape index (κ3) is 3.25. The van der Waals surface area contributed by atoms with Crippen molar-refractivity contribution in [2.75, 3.05) is 18.5 Å². The van der Waals surface area contributed by atoms with Crippen LogP contribution in [-0.4, -0.2) is 46.3 Å². The summed E-state index contributed by atoms with van der Waals surface area (Å²) in [6.07, 6.45) is 3.14. The van der Waals surface area contributed by atoms with E-state index in [0.717, 1.165) is 12.8 Å². The van der Waals surface area contributed by atoms with Crippen LogP contribution in [0.4, 0.5) is 5.95 Å². The molecule has 2 amide bonds. The number of nitrogens with one attached hydrogen (secondary N) is 3. The molecular weight excluding hydrogens is 226 g/mol. The van der Waals surface area contributed by atoms with Gasteiger partial charge >= 0.3 is 11.8 Å². The van der Waals surface area contributed by atoms with Crippen LogP contribution in [0.25, 0.3) is 0 Å². The van der Waals surface area contributed by atoms with E-state index >= 15 is 0 Å². The number of amides is 2. The topological polar surface area (TPSA) is 109 Å². The summed E-state index contributed by atoms with van der Waals surface area (Å²) in [6, 6.07) is 0. The minimum atomic E-state index is -0.778. The molecule has 0 bridgehead atoms. The summed E-state index contributed by atoms with van der Waals surface area (Å²) in [4.78, 5) is 26.4. The average Bonchev–Trinajstić information content (AvgIpc) is 2.98. The molecule has 17 heavy (non-hydrogen) atoms. The van der Waals surface area contributed by atoms with Gasteiger partial charge in [-0.25, -0.2) is 5.10 Å². The second-order valence-corrected chi connectivity index (χ2v) is 3.63. The molecule has 92 valence electrons. The number of rotatable bonds is 3. The van der Waals surface area contributed by atoms with Crippen LogP contribution in [-0.2, 0) is 14.3 Å². The lowest BCUT2D eigenvalue weighted by Gasteiger charge is -2.09. The molecule has 0 radical (unpaired) electrons. The number of carbonyl (C=O) groups is 2.